The van der Waals surface area contributed by atoms with Crippen LogP contribution in [0.3, 0.4) is 0 Å². The van der Waals surface area contributed by atoms with Crippen LogP contribution in [-0.2, 0) is 6.54 Å². The lowest BCUT2D eigenvalue weighted by molar-refractivity contribution is 0.397. The van der Waals surface area contributed by atoms with Crippen LogP contribution in [-0.4, -0.2) is 12.1 Å². The van der Waals surface area contributed by atoms with Gasteiger partial charge in [-0.1, -0.05) is 17.7 Å². The average Bonchev–Trinajstić information content (AvgIpc) is 2.38. The number of methoxy groups -OCH3 is 1. The van der Waals surface area contributed by atoms with Gasteiger partial charge in [-0.3, -0.25) is 0 Å². The molecule has 2 rings (SSSR count). The van der Waals surface area contributed by atoms with Crippen LogP contribution in [0, 0.1) is 0 Å². The zero-order chi connectivity index (χ0) is 13.0. The summed E-state index contributed by atoms with van der Waals surface area (Å²) >= 11 is 6.07. The topological polar surface area (TPSA) is 60.2 Å². The Morgan fingerprint density at radius 1 is 1.33 bits per heavy atom. The number of halogens is 1. The first-order valence-corrected chi connectivity index (χ1v) is 5.84. The summed E-state index contributed by atoms with van der Waals surface area (Å²) in [6.45, 7) is 0.640. The highest BCUT2D eigenvalue weighted by Crippen LogP contribution is 2.24. The van der Waals surface area contributed by atoms with Gasteiger partial charge in [-0.2, -0.15) is 0 Å². The van der Waals surface area contributed by atoms with Crippen molar-refractivity contribution in [3.05, 3.63) is 47.1 Å². The molecule has 0 atom stereocenters. The van der Waals surface area contributed by atoms with Gasteiger partial charge >= 0.3 is 0 Å². The maximum Gasteiger partial charge on any atom is 0.212 e. The summed E-state index contributed by atoms with van der Waals surface area (Å²) < 4.78 is 5.00. The molecule has 3 N–H and O–H groups in total. The number of rotatable bonds is 4. The molecule has 0 aliphatic carbocycles. The van der Waals surface area contributed by atoms with Gasteiger partial charge in [0.05, 0.1) is 17.8 Å². The predicted molar refractivity (Wildman–Crippen MR) is 74.0 cm³/mol. The van der Waals surface area contributed by atoms with Gasteiger partial charge in [0.25, 0.3) is 0 Å². The van der Waals surface area contributed by atoms with E-state index in [2.05, 4.69) is 10.3 Å². The van der Waals surface area contributed by atoms with Gasteiger partial charge in [0, 0.05) is 24.5 Å². The Labute approximate surface area is 111 Å². The molecule has 0 radical (unpaired) electrons. The molecule has 0 unspecified atom stereocenters. The average molecular weight is 264 g/mol. The molecule has 0 saturated heterocycles. The quantitative estimate of drug-likeness (QED) is 0.833. The number of hydrogen-bond donors (Lipinski definition) is 2. The Morgan fingerprint density at radius 2 is 2.17 bits per heavy atom. The summed E-state index contributed by atoms with van der Waals surface area (Å²) in [5.41, 5.74) is 8.17. The van der Waals surface area contributed by atoms with Crippen molar-refractivity contribution in [1.29, 1.82) is 0 Å². The number of nitrogen functional groups attached to an aromatic ring is 1. The molecular formula is C13H14ClN3O. The van der Waals surface area contributed by atoms with E-state index in [-0.39, 0.29) is 0 Å². The molecule has 1 heterocycles. The number of hydrogen-bond acceptors (Lipinski definition) is 4. The number of anilines is 2. The second kappa shape index (κ2) is 5.60. The maximum atomic E-state index is 6.07. The minimum absolute atomic E-state index is 0.601. The third-order valence-corrected chi connectivity index (χ3v) is 2.80. The number of pyridine rings is 1. The fourth-order valence-electron chi connectivity index (χ4n) is 1.51. The molecule has 4 nitrogen and oxygen atoms in total. The van der Waals surface area contributed by atoms with E-state index in [1.807, 2.05) is 18.2 Å². The van der Waals surface area contributed by atoms with Gasteiger partial charge in [0.2, 0.25) is 5.88 Å². The standard InChI is InChI=1S/C13H14ClN3O/c1-18-13-5-2-9(8-17-13)7-16-12-4-3-10(15)6-11(12)14/h2-6,8,16H,7,15H2,1H3. The van der Waals surface area contributed by atoms with Crippen molar-refractivity contribution in [1.82, 2.24) is 4.98 Å². The van der Waals surface area contributed by atoms with Crippen LogP contribution < -0.4 is 15.8 Å². The molecule has 0 fully saturated rings. The fourth-order valence-corrected chi connectivity index (χ4v) is 1.76. The smallest absolute Gasteiger partial charge is 0.212 e. The van der Waals surface area contributed by atoms with Crippen LogP contribution in [0.2, 0.25) is 5.02 Å². The minimum atomic E-state index is 0.601. The monoisotopic (exact) mass is 263 g/mol. The Bertz CT molecular complexity index is 528. The van der Waals surface area contributed by atoms with Crippen molar-refractivity contribution in [2.24, 2.45) is 0 Å². The largest absolute Gasteiger partial charge is 0.481 e. The van der Waals surface area contributed by atoms with E-state index in [0.29, 0.717) is 23.1 Å². The molecule has 5 heteroatoms. The van der Waals surface area contributed by atoms with E-state index in [1.54, 1.807) is 25.4 Å². The van der Waals surface area contributed by atoms with Crippen molar-refractivity contribution >= 4 is 23.0 Å². The van der Waals surface area contributed by atoms with Crippen LogP contribution in [0.5, 0.6) is 5.88 Å². The van der Waals surface area contributed by atoms with Gasteiger partial charge in [-0.25, -0.2) is 4.98 Å². The van der Waals surface area contributed by atoms with Gasteiger partial charge in [0.15, 0.2) is 0 Å². The maximum absolute atomic E-state index is 6.07. The second-order valence-corrected chi connectivity index (χ2v) is 4.21. The van der Waals surface area contributed by atoms with Crippen LogP contribution in [0.15, 0.2) is 36.5 Å². The van der Waals surface area contributed by atoms with Crippen molar-refractivity contribution < 1.29 is 4.74 Å². The molecule has 0 aliphatic heterocycles. The zero-order valence-corrected chi connectivity index (χ0v) is 10.7. The van der Waals surface area contributed by atoms with Crippen LogP contribution >= 0.6 is 11.6 Å². The van der Waals surface area contributed by atoms with E-state index in [9.17, 15) is 0 Å². The zero-order valence-electron chi connectivity index (χ0n) is 9.98. The van der Waals surface area contributed by atoms with Crippen LogP contribution in [0.25, 0.3) is 0 Å². The van der Waals surface area contributed by atoms with Crippen LogP contribution in [0.1, 0.15) is 5.56 Å². The third kappa shape index (κ3) is 3.05. The van der Waals surface area contributed by atoms with Crippen molar-refractivity contribution in [2.45, 2.75) is 6.54 Å². The molecule has 94 valence electrons. The minimum Gasteiger partial charge on any atom is -0.481 e. The molecule has 2 aromatic rings. The second-order valence-electron chi connectivity index (χ2n) is 3.80. The van der Waals surface area contributed by atoms with Gasteiger partial charge in [0.1, 0.15) is 0 Å². The molecule has 1 aromatic carbocycles. The Balaban J connectivity index is 2.02. The van der Waals surface area contributed by atoms with Crippen LogP contribution in [0.4, 0.5) is 11.4 Å². The summed E-state index contributed by atoms with van der Waals surface area (Å²) in [5.74, 6) is 0.601. The number of nitrogens with zero attached hydrogens (tertiary/aromatic N) is 1. The highest BCUT2D eigenvalue weighted by Gasteiger charge is 2.01. The first kappa shape index (κ1) is 12.5. The lowest BCUT2D eigenvalue weighted by atomic mass is 10.2. The molecule has 1 aromatic heterocycles. The summed E-state index contributed by atoms with van der Waals surface area (Å²) in [4.78, 5) is 4.13. The third-order valence-electron chi connectivity index (χ3n) is 2.48. The number of ether oxygens (including phenoxy) is 1. The van der Waals surface area contributed by atoms with Gasteiger partial charge < -0.3 is 15.8 Å². The molecule has 0 aliphatic rings. The summed E-state index contributed by atoms with van der Waals surface area (Å²) in [5, 5.41) is 3.83. The Hall–Kier alpha value is -1.94. The van der Waals surface area contributed by atoms with E-state index >= 15 is 0 Å². The van der Waals surface area contributed by atoms with Crippen molar-refractivity contribution in [2.75, 3.05) is 18.2 Å². The summed E-state index contributed by atoms with van der Waals surface area (Å²) in [6.07, 6.45) is 1.76. The molecule has 0 saturated carbocycles. The van der Waals surface area contributed by atoms with Crippen molar-refractivity contribution in [3.63, 3.8) is 0 Å². The first-order chi connectivity index (χ1) is 8.69. The van der Waals surface area contributed by atoms with Crippen molar-refractivity contribution in [3.8, 4) is 5.88 Å². The highest BCUT2D eigenvalue weighted by molar-refractivity contribution is 6.33. The lowest BCUT2D eigenvalue weighted by Gasteiger charge is -2.09. The Morgan fingerprint density at radius 3 is 2.78 bits per heavy atom. The molecule has 18 heavy (non-hydrogen) atoms. The van der Waals surface area contributed by atoms with Gasteiger partial charge in [-0.15, -0.1) is 0 Å². The SMILES string of the molecule is COc1ccc(CNc2ccc(N)cc2Cl)cn1. The van der Waals surface area contributed by atoms with E-state index in [1.165, 1.54) is 0 Å². The number of nitrogens with two attached hydrogens (primary N) is 1. The number of nitrogens with one attached hydrogen (secondary N) is 1. The van der Waals surface area contributed by atoms with E-state index in [4.69, 9.17) is 22.1 Å². The lowest BCUT2D eigenvalue weighted by Crippen LogP contribution is -2.01. The number of aromatic nitrogens is 1. The molecular weight excluding hydrogens is 250 g/mol. The molecule has 0 bridgehead atoms. The first-order valence-electron chi connectivity index (χ1n) is 5.47. The fraction of sp³-hybridized carbons (Fsp3) is 0.154. The molecule has 0 amide bonds. The predicted octanol–water partition coefficient (Wildman–Crippen LogP) is 2.94. The highest BCUT2D eigenvalue weighted by atomic mass is 35.5. The normalized spacial score (nSPS) is 10.1. The Kier molecular flexibility index (Phi) is 3.89. The van der Waals surface area contributed by atoms with E-state index in [0.717, 1.165) is 11.3 Å². The summed E-state index contributed by atoms with van der Waals surface area (Å²) in [6, 6.07) is 9.15. The van der Waals surface area contributed by atoms with Gasteiger partial charge in [-0.05, 0) is 23.8 Å². The van der Waals surface area contributed by atoms with E-state index < -0.39 is 0 Å². The number of benzene rings is 1. The molecule has 0 spiro atoms. The summed E-state index contributed by atoms with van der Waals surface area (Å²) in [7, 11) is 1.59.